The molecule has 0 rings (SSSR count). The monoisotopic (exact) mass is 286 g/mol. The van der Waals surface area contributed by atoms with Crippen LogP contribution in [0.1, 0.15) is 34.1 Å². The SMILES string of the molecule is CCOC(=O)C(=CC(CC)C(=O)OCC)C(=O)OCC. The molecule has 0 aliphatic heterocycles. The molecule has 0 aliphatic rings. The summed E-state index contributed by atoms with van der Waals surface area (Å²) in [6.45, 7) is 7.19. The number of rotatable bonds is 8. The van der Waals surface area contributed by atoms with Crippen molar-refractivity contribution in [1.82, 2.24) is 0 Å². The van der Waals surface area contributed by atoms with Crippen LogP contribution in [-0.2, 0) is 28.6 Å². The van der Waals surface area contributed by atoms with Crippen molar-refractivity contribution in [3.63, 3.8) is 0 Å². The first kappa shape index (κ1) is 18.1. The third-order valence-corrected chi connectivity index (χ3v) is 2.39. The van der Waals surface area contributed by atoms with Gasteiger partial charge in [0.1, 0.15) is 5.57 Å². The third kappa shape index (κ3) is 5.86. The molecule has 6 nitrogen and oxygen atoms in total. The molecular weight excluding hydrogens is 264 g/mol. The Morgan fingerprint density at radius 3 is 1.65 bits per heavy atom. The summed E-state index contributed by atoms with van der Waals surface area (Å²) in [4.78, 5) is 35.2. The summed E-state index contributed by atoms with van der Waals surface area (Å²) in [6.07, 6.45) is 1.66. The van der Waals surface area contributed by atoms with Gasteiger partial charge in [-0.3, -0.25) is 4.79 Å². The van der Waals surface area contributed by atoms with Gasteiger partial charge >= 0.3 is 17.9 Å². The highest BCUT2D eigenvalue weighted by Gasteiger charge is 2.25. The smallest absolute Gasteiger partial charge is 0.345 e. The van der Waals surface area contributed by atoms with Gasteiger partial charge in [-0.25, -0.2) is 9.59 Å². The lowest BCUT2D eigenvalue weighted by molar-refractivity contribution is -0.146. The summed E-state index contributed by atoms with van der Waals surface area (Å²) in [7, 11) is 0. The highest BCUT2D eigenvalue weighted by atomic mass is 16.6. The van der Waals surface area contributed by atoms with Gasteiger partial charge < -0.3 is 14.2 Å². The van der Waals surface area contributed by atoms with Crippen molar-refractivity contribution in [2.45, 2.75) is 34.1 Å². The topological polar surface area (TPSA) is 78.9 Å². The van der Waals surface area contributed by atoms with E-state index in [1.807, 2.05) is 0 Å². The molecule has 114 valence electrons. The number of hydrogen-bond acceptors (Lipinski definition) is 6. The molecule has 1 unspecified atom stereocenters. The average molecular weight is 286 g/mol. The zero-order valence-electron chi connectivity index (χ0n) is 12.4. The molecule has 0 aromatic carbocycles. The van der Waals surface area contributed by atoms with Crippen molar-refractivity contribution in [1.29, 1.82) is 0 Å². The van der Waals surface area contributed by atoms with Gasteiger partial charge in [0, 0.05) is 0 Å². The largest absolute Gasteiger partial charge is 0.466 e. The average Bonchev–Trinajstić information content (AvgIpc) is 2.40. The molecule has 0 N–H and O–H groups in total. The fourth-order valence-electron chi connectivity index (χ4n) is 1.44. The molecule has 20 heavy (non-hydrogen) atoms. The minimum Gasteiger partial charge on any atom is -0.466 e. The molecule has 0 aromatic rings. The van der Waals surface area contributed by atoms with Crippen molar-refractivity contribution < 1.29 is 28.6 Å². The minimum absolute atomic E-state index is 0.131. The van der Waals surface area contributed by atoms with Crippen LogP contribution in [0.3, 0.4) is 0 Å². The van der Waals surface area contributed by atoms with Crippen LogP contribution in [-0.4, -0.2) is 37.7 Å². The van der Waals surface area contributed by atoms with E-state index in [1.54, 1.807) is 27.7 Å². The lowest BCUT2D eigenvalue weighted by Gasteiger charge is -2.12. The Balaban J connectivity index is 5.24. The Morgan fingerprint density at radius 2 is 1.30 bits per heavy atom. The van der Waals surface area contributed by atoms with Crippen molar-refractivity contribution in [2.24, 2.45) is 5.92 Å². The summed E-state index contributed by atoms with van der Waals surface area (Å²) < 4.78 is 14.5. The zero-order valence-corrected chi connectivity index (χ0v) is 12.4. The van der Waals surface area contributed by atoms with Crippen LogP contribution in [0.15, 0.2) is 11.6 Å². The second kappa shape index (κ2) is 10.00. The van der Waals surface area contributed by atoms with E-state index in [0.717, 1.165) is 0 Å². The highest BCUT2D eigenvalue weighted by molar-refractivity contribution is 6.14. The maximum absolute atomic E-state index is 11.7. The predicted octanol–water partition coefficient (Wildman–Crippen LogP) is 1.63. The fraction of sp³-hybridized carbons (Fsp3) is 0.643. The van der Waals surface area contributed by atoms with Gasteiger partial charge in [0.25, 0.3) is 0 Å². The first-order valence-corrected chi connectivity index (χ1v) is 6.74. The van der Waals surface area contributed by atoms with E-state index >= 15 is 0 Å². The van der Waals surface area contributed by atoms with Gasteiger partial charge in [-0.2, -0.15) is 0 Å². The van der Waals surface area contributed by atoms with Gasteiger partial charge in [0.05, 0.1) is 25.7 Å². The number of ether oxygens (including phenoxy) is 3. The highest BCUT2D eigenvalue weighted by Crippen LogP contribution is 2.13. The minimum atomic E-state index is -0.798. The zero-order chi connectivity index (χ0) is 15.5. The van der Waals surface area contributed by atoms with E-state index in [2.05, 4.69) is 0 Å². The van der Waals surface area contributed by atoms with E-state index in [1.165, 1.54) is 6.08 Å². The molecule has 0 saturated carbocycles. The molecule has 0 radical (unpaired) electrons. The normalized spacial score (nSPS) is 11.2. The molecule has 0 fully saturated rings. The summed E-state index contributed by atoms with van der Waals surface area (Å²) in [5.74, 6) is -2.76. The first-order chi connectivity index (χ1) is 9.51. The molecule has 0 bridgehead atoms. The van der Waals surface area contributed by atoms with E-state index in [-0.39, 0.29) is 25.4 Å². The van der Waals surface area contributed by atoms with Crippen LogP contribution in [0.4, 0.5) is 0 Å². The van der Waals surface area contributed by atoms with E-state index in [0.29, 0.717) is 6.42 Å². The molecule has 0 spiro atoms. The summed E-state index contributed by atoms with van der Waals surface area (Å²) >= 11 is 0. The van der Waals surface area contributed by atoms with Gasteiger partial charge in [0.15, 0.2) is 0 Å². The lowest BCUT2D eigenvalue weighted by Crippen LogP contribution is -2.22. The second-order valence-corrected chi connectivity index (χ2v) is 3.79. The lowest BCUT2D eigenvalue weighted by atomic mass is 10.0. The summed E-state index contributed by atoms with van der Waals surface area (Å²) in [5, 5.41) is 0. The molecule has 0 aliphatic carbocycles. The van der Waals surface area contributed by atoms with Crippen molar-refractivity contribution in [3.8, 4) is 0 Å². The van der Waals surface area contributed by atoms with Crippen LogP contribution >= 0.6 is 0 Å². The Morgan fingerprint density at radius 1 is 0.850 bits per heavy atom. The Kier molecular flexibility index (Phi) is 9.07. The second-order valence-electron chi connectivity index (χ2n) is 3.79. The molecule has 0 amide bonds. The van der Waals surface area contributed by atoms with E-state index < -0.39 is 23.8 Å². The van der Waals surface area contributed by atoms with Crippen LogP contribution in [0.25, 0.3) is 0 Å². The first-order valence-electron chi connectivity index (χ1n) is 6.74. The standard InChI is InChI=1S/C14H22O6/c1-5-10(12(15)18-6-2)9-11(13(16)19-7-3)14(17)20-8-4/h9-10H,5-8H2,1-4H3. The molecule has 6 heteroatoms. The van der Waals surface area contributed by atoms with E-state index in [4.69, 9.17) is 14.2 Å². The van der Waals surface area contributed by atoms with Crippen LogP contribution in [0, 0.1) is 5.92 Å². The number of hydrogen-bond donors (Lipinski definition) is 0. The van der Waals surface area contributed by atoms with Gasteiger partial charge in [-0.05, 0) is 33.3 Å². The van der Waals surface area contributed by atoms with Gasteiger partial charge in [-0.1, -0.05) is 6.92 Å². The van der Waals surface area contributed by atoms with E-state index in [9.17, 15) is 14.4 Å². The number of esters is 3. The molecular formula is C14H22O6. The van der Waals surface area contributed by atoms with Crippen molar-refractivity contribution in [3.05, 3.63) is 11.6 Å². The third-order valence-electron chi connectivity index (χ3n) is 2.39. The number of carbonyl (C=O) groups is 3. The molecule has 0 heterocycles. The Hall–Kier alpha value is -1.85. The maximum Gasteiger partial charge on any atom is 0.345 e. The van der Waals surface area contributed by atoms with Crippen molar-refractivity contribution >= 4 is 17.9 Å². The molecule has 1 atom stereocenters. The predicted molar refractivity (Wildman–Crippen MR) is 71.8 cm³/mol. The van der Waals surface area contributed by atoms with Crippen LogP contribution in [0.2, 0.25) is 0 Å². The van der Waals surface area contributed by atoms with Gasteiger partial charge in [0.2, 0.25) is 0 Å². The van der Waals surface area contributed by atoms with Crippen molar-refractivity contribution in [2.75, 3.05) is 19.8 Å². The maximum atomic E-state index is 11.7. The van der Waals surface area contributed by atoms with Crippen LogP contribution < -0.4 is 0 Å². The number of carbonyl (C=O) groups excluding carboxylic acids is 3. The summed E-state index contributed by atoms with van der Waals surface area (Å²) in [5.41, 5.74) is -0.270. The fourth-order valence-corrected chi connectivity index (χ4v) is 1.44. The summed E-state index contributed by atoms with van der Waals surface area (Å²) in [6, 6.07) is 0. The Labute approximate surface area is 119 Å². The van der Waals surface area contributed by atoms with Gasteiger partial charge in [-0.15, -0.1) is 0 Å². The molecule has 0 saturated heterocycles. The Bertz CT molecular complexity index is 352. The quantitative estimate of drug-likeness (QED) is 0.222. The van der Waals surface area contributed by atoms with Crippen LogP contribution in [0.5, 0.6) is 0 Å². The molecule has 0 aromatic heterocycles.